The highest BCUT2D eigenvalue weighted by Crippen LogP contribution is 2.54. The lowest BCUT2D eigenvalue weighted by atomic mass is 10.1. The molecule has 0 aliphatic carbocycles. The fourth-order valence-corrected chi connectivity index (χ4v) is 16.9. The third-order valence-corrected chi connectivity index (χ3v) is 22.4. The summed E-state index contributed by atoms with van der Waals surface area (Å²) in [6.45, 7) is 22.5. The van der Waals surface area contributed by atoms with Gasteiger partial charge in [-0.05, 0) is 215 Å². The normalized spacial score (nSPS) is 16.7. The van der Waals surface area contributed by atoms with Crippen LogP contribution in [0.2, 0.25) is 0 Å². The van der Waals surface area contributed by atoms with E-state index in [4.69, 9.17) is 36.7 Å². The van der Waals surface area contributed by atoms with Crippen molar-refractivity contribution in [2.45, 2.75) is 108 Å². The van der Waals surface area contributed by atoms with Crippen LogP contribution in [0.1, 0.15) is 76.8 Å². The molecule has 4 aliphatic heterocycles. The molecular weight excluding hydrogens is 1430 g/mol. The minimum Gasteiger partial charge on any atom is -0.435 e. The quantitative estimate of drug-likeness (QED) is 0.147. The molecule has 568 valence electrons. The SMILES string of the molecule is Cc1ccc2c(n1)oc1c(N3c4cccnc4N(c4ccccc4)C3C)c(C)ccc12.Cc1ccc2c(n1)oc1c(N3c4ncccc4N(c4ccccc4)C3C)c(C)ccc12.Cc1ccc2c(n1)oc1c(N3c4nccnc4N(c4ccccc4)C3C)c(C)ccc12.[2H]C([2H])([2H])N1C=CN(c2c(C)ccc3c2oc2nc(C)ccc23)C1C. The highest BCUT2D eigenvalue weighted by molar-refractivity contribution is 6.13. The predicted octanol–water partition coefficient (Wildman–Crippen LogP) is 23.4. The number of furan rings is 4. The summed E-state index contributed by atoms with van der Waals surface area (Å²) in [4.78, 5) is 54.3. The largest absolute Gasteiger partial charge is 0.435 e. The molecule has 20 heteroatoms. The lowest BCUT2D eigenvalue weighted by Crippen LogP contribution is -2.36. The van der Waals surface area contributed by atoms with Gasteiger partial charge in [0.25, 0.3) is 0 Å². The van der Waals surface area contributed by atoms with Crippen LogP contribution >= 0.6 is 0 Å². The first-order chi connectivity index (χ1) is 57.2. The Morgan fingerprint density at radius 2 is 0.591 bits per heavy atom. The molecule has 0 radical (unpaired) electrons. The van der Waals surface area contributed by atoms with E-state index in [9.17, 15) is 0 Å². The summed E-state index contributed by atoms with van der Waals surface area (Å²) in [5.41, 5.74) is 23.5. The number of fused-ring (bicyclic) bond motifs is 15. The average Bonchev–Trinajstić information content (AvgIpc) is 1.58. The molecule has 20 nitrogen and oxygen atoms in total. The first-order valence-electron chi connectivity index (χ1n) is 40.2. The summed E-state index contributed by atoms with van der Waals surface area (Å²) >= 11 is 0. The van der Waals surface area contributed by atoms with Crippen molar-refractivity contribution in [1.29, 1.82) is 0 Å². The Bertz CT molecular complexity index is 6460. The van der Waals surface area contributed by atoms with Gasteiger partial charge in [0, 0.05) is 131 Å². The molecule has 4 unspecified atom stereocenters. The second-order valence-electron chi connectivity index (χ2n) is 29.8. The van der Waals surface area contributed by atoms with Crippen LogP contribution in [0.3, 0.4) is 0 Å². The van der Waals surface area contributed by atoms with Gasteiger partial charge in [-0.25, -0.2) is 39.9 Å². The molecule has 4 aliphatic rings. The Morgan fingerprint density at radius 1 is 0.278 bits per heavy atom. The van der Waals surface area contributed by atoms with E-state index >= 15 is 0 Å². The summed E-state index contributed by atoms with van der Waals surface area (Å²) in [7, 11) is 0. The van der Waals surface area contributed by atoms with Crippen molar-refractivity contribution in [2.75, 3.05) is 41.3 Å². The first kappa shape index (κ1) is 67.7. The fraction of sp³-hybridized carbons (Fsp3) is 0.179. The van der Waals surface area contributed by atoms with E-state index in [0.717, 1.165) is 185 Å². The number of para-hydroxylation sites is 3. The standard InChI is InChI=1S/2C26H22N4O.C25H21N5O.C18H19N3O/c1-16-11-13-20-21-14-12-17(2)28-26(21)31-24(20)23(16)30-18(3)29(19-8-5-4-6-9-19)25-22(30)10-7-15-27-25;1-16-11-13-20-21-14-12-17(2)28-26(21)31-24(20)23(16)30-18(3)29(19-8-5-4-6-9-19)22-10-7-15-27-25(22)30;1-15-9-11-19-20-12-10-16(2)28-25(20)31-22(19)21(15)30-17(3)29(18-7-5-4-6-8-18)23-24(30)27-14-13-26-23;1-11-5-7-14-15-8-6-12(2)19-18(15)22-17(14)16(11)21-10-9-20(4)13(21)3/h2*4-15,18H,1-3H3;4-14,17H,1-3H3;5-10,13H,1-4H3/i;;;4D3. The number of aryl methyl sites for hydroxylation is 8. The Balaban J connectivity index is 0.000000105. The van der Waals surface area contributed by atoms with Gasteiger partial charge in [0.15, 0.2) is 45.6 Å². The van der Waals surface area contributed by atoms with Gasteiger partial charge in [-0.15, -0.1) is 0 Å². The summed E-state index contributed by atoms with van der Waals surface area (Å²) in [6, 6.07) is 72.7. The van der Waals surface area contributed by atoms with Crippen molar-refractivity contribution >= 4 is 163 Å². The van der Waals surface area contributed by atoms with Gasteiger partial charge < -0.3 is 47.1 Å². The molecule has 4 atom stereocenters. The van der Waals surface area contributed by atoms with Crippen molar-refractivity contribution < 1.29 is 21.8 Å². The molecule has 15 heterocycles. The Hall–Kier alpha value is -14.1. The van der Waals surface area contributed by atoms with Gasteiger partial charge in [0.2, 0.25) is 22.9 Å². The molecule has 0 amide bonds. The van der Waals surface area contributed by atoms with Crippen LogP contribution in [-0.2, 0) is 0 Å². The second kappa shape index (κ2) is 28.3. The van der Waals surface area contributed by atoms with Gasteiger partial charge in [-0.3, -0.25) is 9.80 Å². The van der Waals surface area contributed by atoms with E-state index in [1.54, 1.807) is 24.8 Å². The molecule has 0 saturated heterocycles. The molecule has 0 spiro atoms. The number of hydrogen-bond acceptors (Lipinski definition) is 20. The van der Waals surface area contributed by atoms with Gasteiger partial charge in [-0.2, -0.15) is 0 Å². The van der Waals surface area contributed by atoms with E-state index in [0.29, 0.717) is 22.9 Å². The maximum absolute atomic E-state index is 7.69. The molecule has 22 rings (SSSR count). The summed E-state index contributed by atoms with van der Waals surface area (Å²) < 4.78 is 48.2. The molecule has 0 saturated carbocycles. The van der Waals surface area contributed by atoms with Crippen LogP contribution < -0.4 is 34.3 Å². The first-order valence-corrected chi connectivity index (χ1v) is 38.7. The lowest BCUT2D eigenvalue weighted by molar-refractivity contribution is 0.383. The molecule has 0 bridgehead atoms. The number of anilines is 13. The number of benzene rings is 7. The van der Waals surface area contributed by atoms with E-state index in [1.165, 1.54) is 4.90 Å². The Labute approximate surface area is 669 Å². The molecule has 7 aromatic carbocycles. The molecular formula is C95H84N16O4. The summed E-state index contributed by atoms with van der Waals surface area (Å²) in [6.07, 6.45) is 10.3. The third kappa shape index (κ3) is 11.9. The van der Waals surface area contributed by atoms with Crippen molar-refractivity contribution in [3.63, 3.8) is 0 Å². The van der Waals surface area contributed by atoms with E-state index in [-0.39, 0.29) is 24.7 Å². The van der Waals surface area contributed by atoms with Gasteiger partial charge in [0.1, 0.15) is 24.7 Å². The zero-order valence-electron chi connectivity index (χ0n) is 68.8. The van der Waals surface area contributed by atoms with Gasteiger partial charge >= 0.3 is 0 Å². The van der Waals surface area contributed by atoms with E-state index < -0.39 is 6.98 Å². The molecule has 11 aromatic heterocycles. The number of aromatic nitrogens is 8. The predicted molar refractivity (Wildman–Crippen MR) is 464 cm³/mol. The van der Waals surface area contributed by atoms with Crippen molar-refractivity contribution in [2.24, 2.45) is 0 Å². The van der Waals surface area contributed by atoms with Gasteiger partial charge in [-0.1, -0.05) is 103 Å². The van der Waals surface area contributed by atoms with Crippen LogP contribution in [0.15, 0.2) is 267 Å². The lowest BCUT2D eigenvalue weighted by Gasteiger charge is -2.30. The number of rotatable bonds is 7. The van der Waals surface area contributed by atoms with Crippen LogP contribution in [-0.4, -0.2) is 76.4 Å². The van der Waals surface area contributed by atoms with Crippen LogP contribution in [0.5, 0.6) is 0 Å². The smallest absolute Gasteiger partial charge is 0.227 e. The maximum atomic E-state index is 7.69. The monoisotopic (exact) mass is 1520 g/mol. The highest BCUT2D eigenvalue weighted by Gasteiger charge is 2.42. The van der Waals surface area contributed by atoms with Crippen molar-refractivity contribution in [1.82, 2.24) is 44.8 Å². The van der Waals surface area contributed by atoms with Crippen molar-refractivity contribution in [3.8, 4) is 0 Å². The zero-order valence-corrected chi connectivity index (χ0v) is 65.8. The Kier molecular flexibility index (Phi) is 16.6. The molecule has 0 fully saturated rings. The van der Waals surface area contributed by atoms with Crippen LogP contribution in [0.4, 0.5) is 74.5 Å². The topological polar surface area (TPSA) is 182 Å². The van der Waals surface area contributed by atoms with E-state index in [2.05, 4.69) is 223 Å². The van der Waals surface area contributed by atoms with Gasteiger partial charge in [0.05, 0.1) is 34.1 Å². The molecule has 115 heavy (non-hydrogen) atoms. The minimum atomic E-state index is -2.18. The average molecular weight is 1520 g/mol. The fourth-order valence-electron chi connectivity index (χ4n) is 16.9. The van der Waals surface area contributed by atoms with E-state index in [1.807, 2.05) is 144 Å². The maximum Gasteiger partial charge on any atom is 0.227 e. The third-order valence-electron chi connectivity index (χ3n) is 22.4. The molecule has 18 aromatic rings. The summed E-state index contributed by atoms with van der Waals surface area (Å²) in [5.74, 6) is 3.53. The minimum absolute atomic E-state index is 0.0273. The highest BCUT2D eigenvalue weighted by atomic mass is 16.4. The summed E-state index contributed by atoms with van der Waals surface area (Å²) in [5, 5.41) is 8.26. The Morgan fingerprint density at radius 3 is 1.00 bits per heavy atom. The second-order valence-corrected chi connectivity index (χ2v) is 29.8. The van der Waals surface area contributed by atoms with Crippen LogP contribution in [0, 0.1) is 55.4 Å². The number of pyridine rings is 6. The van der Waals surface area contributed by atoms with Crippen LogP contribution in [0.25, 0.3) is 88.3 Å². The zero-order chi connectivity index (χ0) is 81.3. The molecule has 0 N–H and O–H groups in total. The number of nitrogens with zero attached hydrogens (tertiary/aromatic N) is 16. The number of hydrogen-bond donors (Lipinski definition) is 0. The van der Waals surface area contributed by atoms with Crippen molar-refractivity contribution in [3.05, 3.63) is 295 Å².